The molecule has 4 aromatic rings. The van der Waals surface area contributed by atoms with Gasteiger partial charge < -0.3 is 9.38 Å². The third-order valence-corrected chi connectivity index (χ3v) is 5.52. The van der Waals surface area contributed by atoms with Gasteiger partial charge in [0.15, 0.2) is 0 Å². The van der Waals surface area contributed by atoms with Gasteiger partial charge in [-0.05, 0) is 50.1 Å². The molecule has 3 heterocycles. The molecule has 6 nitrogen and oxygen atoms in total. The molecular weight excluding hydrogens is 362 g/mol. The van der Waals surface area contributed by atoms with E-state index in [9.17, 15) is 4.79 Å². The van der Waals surface area contributed by atoms with E-state index in [-0.39, 0.29) is 5.56 Å². The van der Waals surface area contributed by atoms with Crippen LogP contribution in [0.4, 0.5) is 0 Å². The van der Waals surface area contributed by atoms with Crippen LogP contribution in [-0.4, -0.2) is 31.3 Å². The third kappa shape index (κ3) is 3.47. The Morgan fingerprint density at radius 3 is 3.00 bits per heavy atom. The predicted octanol–water partition coefficient (Wildman–Crippen LogP) is 3.21. The number of aromatic amines is 1. The Bertz CT molecular complexity index is 1240. The number of fused-ring (bicyclic) bond motifs is 2. The number of aryl methyl sites for hydroxylation is 1. The van der Waals surface area contributed by atoms with Crippen molar-refractivity contribution < 1.29 is 0 Å². The lowest BCUT2D eigenvalue weighted by Crippen LogP contribution is -2.18. The summed E-state index contributed by atoms with van der Waals surface area (Å²) >= 11 is 0. The summed E-state index contributed by atoms with van der Waals surface area (Å²) in [6, 6.07) is 14.3. The molecule has 0 atom stereocenters. The lowest BCUT2D eigenvalue weighted by Gasteiger charge is -2.17. The fourth-order valence-corrected chi connectivity index (χ4v) is 4.14. The summed E-state index contributed by atoms with van der Waals surface area (Å²) in [6.45, 7) is 1.59. The number of aromatic nitrogens is 4. The summed E-state index contributed by atoms with van der Waals surface area (Å²) in [5.41, 5.74) is 6.09. The van der Waals surface area contributed by atoms with Crippen LogP contribution in [0, 0.1) is 0 Å². The zero-order valence-corrected chi connectivity index (χ0v) is 16.4. The molecule has 29 heavy (non-hydrogen) atoms. The van der Waals surface area contributed by atoms with Gasteiger partial charge in [0.25, 0.3) is 5.56 Å². The second-order valence-electron chi connectivity index (χ2n) is 7.74. The number of hydrogen-bond donors (Lipinski definition) is 1. The van der Waals surface area contributed by atoms with Crippen LogP contribution < -0.4 is 5.56 Å². The van der Waals surface area contributed by atoms with E-state index >= 15 is 0 Å². The number of imidazole rings is 1. The summed E-state index contributed by atoms with van der Waals surface area (Å²) < 4.78 is 2.12. The van der Waals surface area contributed by atoms with Crippen molar-refractivity contribution in [2.24, 2.45) is 0 Å². The van der Waals surface area contributed by atoms with Crippen LogP contribution in [0.5, 0.6) is 0 Å². The minimum atomic E-state index is 0.0117. The molecule has 0 unspecified atom stereocenters. The monoisotopic (exact) mass is 385 g/mol. The van der Waals surface area contributed by atoms with E-state index in [4.69, 9.17) is 4.98 Å². The molecule has 1 N–H and O–H groups in total. The van der Waals surface area contributed by atoms with Crippen molar-refractivity contribution in [3.8, 4) is 11.4 Å². The van der Waals surface area contributed by atoms with Crippen LogP contribution in [-0.2, 0) is 25.9 Å². The van der Waals surface area contributed by atoms with E-state index in [1.165, 1.54) is 5.56 Å². The topological polar surface area (TPSA) is 66.3 Å². The van der Waals surface area contributed by atoms with Crippen LogP contribution in [0.1, 0.15) is 28.9 Å². The first-order chi connectivity index (χ1) is 14.2. The normalized spacial score (nSPS) is 13.3. The summed E-state index contributed by atoms with van der Waals surface area (Å²) in [5, 5.41) is 0. The fourth-order valence-electron chi connectivity index (χ4n) is 4.14. The van der Waals surface area contributed by atoms with Crippen molar-refractivity contribution in [3.05, 3.63) is 87.7 Å². The summed E-state index contributed by atoms with van der Waals surface area (Å²) in [7, 11) is 2.10. The van der Waals surface area contributed by atoms with E-state index in [1.54, 1.807) is 0 Å². The number of pyridine rings is 1. The molecule has 0 spiro atoms. The fraction of sp³-hybridized carbons (Fsp3) is 0.261. The summed E-state index contributed by atoms with van der Waals surface area (Å²) in [4.78, 5) is 26.8. The Labute approximate surface area is 168 Å². The van der Waals surface area contributed by atoms with E-state index in [2.05, 4.69) is 38.4 Å². The van der Waals surface area contributed by atoms with Gasteiger partial charge in [-0.1, -0.05) is 24.3 Å². The maximum atomic E-state index is 12.3. The average Bonchev–Trinajstić information content (AvgIpc) is 3.36. The lowest BCUT2D eigenvalue weighted by atomic mass is 10.1. The quantitative estimate of drug-likeness (QED) is 0.573. The molecule has 0 saturated heterocycles. The lowest BCUT2D eigenvalue weighted by molar-refractivity contribution is 0.314. The first kappa shape index (κ1) is 17.8. The molecule has 5 rings (SSSR count). The highest BCUT2D eigenvalue weighted by Crippen LogP contribution is 2.21. The molecule has 6 heteroatoms. The molecular formula is C23H23N5O. The maximum Gasteiger partial charge on any atom is 0.254 e. The van der Waals surface area contributed by atoms with Crippen molar-refractivity contribution in [1.82, 2.24) is 24.3 Å². The van der Waals surface area contributed by atoms with Crippen molar-refractivity contribution in [1.29, 1.82) is 0 Å². The molecule has 0 fully saturated rings. The van der Waals surface area contributed by atoms with Gasteiger partial charge in [-0.2, -0.15) is 0 Å². The smallest absolute Gasteiger partial charge is 0.254 e. The highest BCUT2D eigenvalue weighted by Gasteiger charge is 2.17. The molecule has 3 aromatic heterocycles. The van der Waals surface area contributed by atoms with Crippen LogP contribution >= 0.6 is 0 Å². The molecule has 1 aliphatic rings. The standard InChI is InChI=1S/C23H23N5O/c1-27(15-18-13-24-21-10-2-3-11-28(18)21)14-16-6-4-7-17(12-16)22-25-20-9-5-8-19(20)23(29)26-22/h2-4,6-7,10-13H,5,8-9,14-15H2,1H3,(H,25,26,29). The largest absolute Gasteiger partial charge is 0.306 e. The van der Waals surface area contributed by atoms with E-state index < -0.39 is 0 Å². The number of rotatable bonds is 5. The van der Waals surface area contributed by atoms with Crippen molar-refractivity contribution in [2.75, 3.05) is 7.05 Å². The zero-order valence-electron chi connectivity index (χ0n) is 16.4. The van der Waals surface area contributed by atoms with Gasteiger partial charge in [-0.25, -0.2) is 9.97 Å². The summed E-state index contributed by atoms with van der Waals surface area (Å²) in [5.74, 6) is 0.668. The molecule has 0 saturated carbocycles. The predicted molar refractivity (Wildman–Crippen MR) is 113 cm³/mol. The van der Waals surface area contributed by atoms with Gasteiger partial charge >= 0.3 is 0 Å². The number of benzene rings is 1. The Kier molecular flexibility index (Phi) is 4.48. The van der Waals surface area contributed by atoms with Crippen LogP contribution in [0.2, 0.25) is 0 Å². The molecule has 146 valence electrons. The second kappa shape index (κ2) is 7.29. The second-order valence-corrected chi connectivity index (χ2v) is 7.74. The van der Waals surface area contributed by atoms with Crippen molar-refractivity contribution in [2.45, 2.75) is 32.4 Å². The number of hydrogen-bond acceptors (Lipinski definition) is 4. The number of H-pyrrole nitrogens is 1. The van der Waals surface area contributed by atoms with Gasteiger partial charge in [0.1, 0.15) is 11.5 Å². The third-order valence-electron chi connectivity index (χ3n) is 5.52. The zero-order chi connectivity index (χ0) is 19.8. The minimum absolute atomic E-state index is 0.0117. The highest BCUT2D eigenvalue weighted by atomic mass is 16.1. The SMILES string of the molecule is CN(Cc1cccc(-c2nc3c(c(=O)[nH]2)CCC3)c1)Cc1cnc2ccccn12. The molecule has 0 radical (unpaired) electrons. The Balaban J connectivity index is 1.36. The van der Waals surface area contributed by atoms with Crippen LogP contribution in [0.15, 0.2) is 59.7 Å². The number of nitrogens with one attached hydrogen (secondary N) is 1. The van der Waals surface area contributed by atoms with Gasteiger partial charge in [0.2, 0.25) is 0 Å². The van der Waals surface area contributed by atoms with E-state index in [1.807, 2.05) is 42.7 Å². The van der Waals surface area contributed by atoms with Gasteiger partial charge in [0.05, 0.1) is 17.6 Å². The van der Waals surface area contributed by atoms with Gasteiger partial charge in [-0.15, -0.1) is 0 Å². The Morgan fingerprint density at radius 1 is 1.14 bits per heavy atom. The molecule has 1 aromatic carbocycles. The van der Waals surface area contributed by atoms with Gasteiger partial charge in [-0.3, -0.25) is 9.69 Å². The molecule has 0 aliphatic heterocycles. The van der Waals surface area contributed by atoms with Crippen LogP contribution in [0.3, 0.4) is 0 Å². The highest BCUT2D eigenvalue weighted by molar-refractivity contribution is 5.56. The van der Waals surface area contributed by atoms with E-state index in [0.717, 1.165) is 60.5 Å². The van der Waals surface area contributed by atoms with E-state index in [0.29, 0.717) is 5.82 Å². The first-order valence-electron chi connectivity index (χ1n) is 9.98. The average molecular weight is 385 g/mol. The molecule has 0 amide bonds. The number of nitrogens with zero attached hydrogens (tertiary/aromatic N) is 4. The van der Waals surface area contributed by atoms with Gasteiger partial charge in [0, 0.05) is 30.4 Å². The van der Waals surface area contributed by atoms with Crippen LogP contribution in [0.25, 0.3) is 17.0 Å². The summed E-state index contributed by atoms with van der Waals surface area (Å²) in [6.07, 6.45) is 6.73. The van der Waals surface area contributed by atoms with Crippen molar-refractivity contribution >= 4 is 5.65 Å². The maximum absolute atomic E-state index is 12.3. The first-order valence-corrected chi connectivity index (χ1v) is 9.98. The minimum Gasteiger partial charge on any atom is -0.306 e. The molecule has 0 bridgehead atoms. The Morgan fingerprint density at radius 2 is 2.07 bits per heavy atom. The molecule has 1 aliphatic carbocycles. The van der Waals surface area contributed by atoms with Crippen molar-refractivity contribution in [3.63, 3.8) is 0 Å². The Hall–Kier alpha value is -3.25.